The molecular formula is C20H24N4O2. The van der Waals surface area contributed by atoms with Gasteiger partial charge in [-0.25, -0.2) is 4.98 Å². The van der Waals surface area contributed by atoms with Gasteiger partial charge in [-0.15, -0.1) is 0 Å². The van der Waals surface area contributed by atoms with Crippen LogP contribution in [-0.2, 0) is 6.54 Å². The van der Waals surface area contributed by atoms with Gasteiger partial charge in [-0.2, -0.15) is 0 Å². The van der Waals surface area contributed by atoms with Crippen LogP contribution in [-0.4, -0.2) is 35.1 Å². The van der Waals surface area contributed by atoms with Gasteiger partial charge in [-0.3, -0.25) is 9.78 Å². The molecule has 136 valence electrons. The predicted octanol–water partition coefficient (Wildman–Crippen LogP) is 2.69. The zero-order chi connectivity index (χ0) is 18.3. The Morgan fingerprint density at radius 2 is 1.92 bits per heavy atom. The molecule has 4 rings (SSSR count). The third-order valence-electron chi connectivity index (χ3n) is 5.29. The van der Waals surface area contributed by atoms with Gasteiger partial charge in [0.25, 0.3) is 5.91 Å². The highest BCUT2D eigenvalue weighted by Gasteiger charge is 2.26. The summed E-state index contributed by atoms with van der Waals surface area (Å²) in [6, 6.07) is 4.02. The Kier molecular flexibility index (Phi) is 4.26. The van der Waals surface area contributed by atoms with Crippen LogP contribution in [0.1, 0.15) is 45.7 Å². The number of rotatable bonds is 3. The topological polar surface area (TPSA) is 67.3 Å². The van der Waals surface area contributed by atoms with Gasteiger partial charge >= 0.3 is 0 Å². The quantitative estimate of drug-likeness (QED) is 0.920. The molecule has 0 spiro atoms. The molecule has 1 amide bonds. The van der Waals surface area contributed by atoms with Crippen molar-refractivity contribution in [1.29, 1.82) is 0 Å². The number of hydrogen-bond acceptors (Lipinski definition) is 5. The number of carbonyl (C=O) groups excluding carboxylic acids is 1. The van der Waals surface area contributed by atoms with Gasteiger partial charge in [0.1, 0.15) is 17.7 Å². The van der Waals surface area contributed by atoms with E-state index in [-0.39, 0.29) is 12.0 Å². The van der Waals surface area contributed by atoms with Crippen LogP contribution in [0, 0.1) is 20.8 Å². The maximum absolute atomic E-state index is 11.8. The molecule has 0 unspecified atom stereocenters. The number of carbonyl (C=O) groups is 1. The van der Waals surface area contributed by atoms with E-state index in [1.54, 1.807) is 0 Å². The summed E-state index contributed by atoms with van der Waals surface area (Å²) in [4.78, 5) is 23.2. The molecule has 1 saturated heterocycles. The minimum absolute atomic E-state index is 0.0174. The minimum Gasteiger partial charge on any atom is -0.489 e. The first-order chi connectivity index (χ1) is 12.5. The number of aryl methyl sites for hydroxylation is 3. The Labute approximate surface area is 153 Å². The first-order valence-corrected chi connectivity index (χ1v) is 9.15. The fourth-order valence-corrected chi connectivity index (χ4v) is 3.61. The van der Waals surface area contributed by atoms with Crippen molar-refractivity contribution in [2.75, 3.05) is 18.0 Å². The fraction of sp³-hybridized carbons (Fsp3) is 0.450. The first-order valence-electron chi connectivity index (χ1n) is 9.15. The molecule has 0 bridgehead atoms. The molecule has 2 aliphatic heterocycles. The summed E-state index contributed by atoms with van der Waals surface area (Å²) < 4.78 is 6.13. The average molecular weight is 352 g/mol. The van der Waals surface area contributed by atoms with Crippen molar-refractivity contribution in [2.24, 2.45) is 0 Å². The van der Waals surface area contributed by atoms with Crippen LogP contribution in [0.4, 0.5) is 5.82 Å². The number of nitrogens with one attached hydrogen (secondary N) is 1. The molecule has 1 fully saturated rings. The van der Waals surface area contributed by atoms with Crippen LogP contribution in [0.5, 0.6) is 5.75 Å². The second-order valence-corrected chi connectivity index (χ2v) is 7.18. The van der Waals surface area contributed by atoms with Gasteiger partial charge in [0, 0.05) is 31.6 Å². The first kappa shape index (κ1) is 16.8. The molecule has 0 aromatic carbocycles. The van der Waals surface area contributed by atoms with Crippen molar-refractivity contribution in [3.63, 3.8) is 0 Å². The van der Waals surface area contributed by atoms with E-state index >= 15 is 0 Å². The molecule has 4 heterocycles. The summed E-state index contributed by atoms with van der Waals surface area (Å²) in [5, 5.41) is 2.84. The van der Waals surface area contributed by atoms with Gasteiger partial charge in [-0.1, -0.05) is 0 Å². The van der Waals surface area contributed by atoms with Crippen molar-refractivity contribution in [2.45, 2.75) is 46.3 Å². The van der Waals surface area contributed by atoms with Crippen LogP contribution in [0.2, 0.25) is 0 Å². The molecule has 0 radical (unpaired) electrons. The highest BCUT2D eigenvalue weighted by Crippen LogP contribution is 2.27. The normalized spacial score (nSPS) is 17.2. The van der Waals surface area contributed by atoms with Crippen molar-refractivity contribution < 1.29 is 9.53 Å². The number of amides is 1. The van der Waals surface area contributed by atoms with Crippen LogP contribution in [0.3, 0.4) is 0 Å². The summed E-state index contributed by atoms with van der Waals surface area (Å²) in [6.07, 6.45) is 3.91. The molecule has 26 heavy (non-hydrogen) atoms. The van der Waals surface area contributed by atoms with Gasteiger partial charge in [0.05, 0.1) is 24.0 Å². The summed E-state index contributed by atoms with van der Waals surface area (Å²) in [5.74, 6) is 1.82. The molecule has 2 aromatic heterocycles. The van der Waals surface area contributed by atoms with E-state index in [4.69, 9.17) is 9.72 Å². The second kappa shape index (κ2) is 6.59. The molecule has 6 heteroatoms. The number of nitrogens with zero attached hydrogens (tertiary/aromatic N) is 3. The highest BCUT2D eigenvalue weighted by atomic mass is 16.5. The van der Waals surface area contributed by atoms with Crippen molar-refractivity contribution in [3.05, 3.63) is 46.4 Å². The lowest BCUT2D eigenvalue weighted by molar-refractivity contribution is 0.0965. The lowest BCUT2D eigenvalue weighted by Gasteiger charge is -2.34. The van der Waals surface area contributed by atoms with E-state index < -0.39 is 0 Å². The molecule has 2 aliphatic rings. The summed E-state index contributed by atoms with van der Waals surface area (Å²) in [7, 11) is 0. The summed E-state index contributed by atoms with van der Waals surface area (Å²) >= 11 is 0. The van der Waals surface area contributed by atoms with E-state index in [2.05, 4.69) is 28.2 Å². The Morgan fingerprint density at radius 3 is 2.65 bits per heavy atom. The van der Waals surface area contributed by atoms with Gasteiger partial charge < -0.3 is 15.0 Å². The average Bonchev–Trinajstić information content (AvgIpc) is 2.98. The Bertz CT molecular complexity index is 857. The zero-order valence-electron chi connectivity index (χ0n) is 15.5. The van der Waals surface area contributed by atoms with Gasteiger partial charge in [0.2, 0.25) is 0 Å². The standard InChI is InChI=1S/C20H24N4O2/c1-12-8-16(10-21-14(12)3)26-15-4-6-24(7-5-15)19-13(2)9-17-18(23-19)11-22-20(17)25/h8-10,15H,4-7,11H2,1-3H3,(H,22,25). The smallest absolute Gasteiger partial charge is 0.253 e. The number of anilines is 1. The van der Waals surface area contributed by atoms with E-state index in [1.807, 2.05) is 26.1 Å². The fourth-order valence-electron chi connectivity index (χ4n) is 3.61. The lowest BCUT2D eigenvalue weighted by atomic mass is 10.1. The summed E-state index contributed by atoms with van der Waals surface area (Å²) in [6.45, 7) is 8.42. The Balaban J connectivity index is 1.42. The number of pyridine rings is 2. The van der Waals surface area contributed by atoms with Gasteiger partial charge in [-0.05, 0) is 44.0 Å². The Morgan fingerprint density at radius 1 is 1.15 bits per heavy atom. The van der Waals surface area contributed by atoms with E-state index in [0.29, 0.717) is 12.1 Å². The second-order valence-electron chi connectivity index (χ2n) is 7.18. The maximum atomic E-state index is 11.8. The maximum Gasteiger partial charge on any atom is 0.253 e. The van der Waals surface area contributed by atoms with E-state index in [9.17, 15) is 4.79 Å². The third kappa shape index (κ3) is 3.11. The molecular weight excluding hydrogens is 328 g/mol. The number of fused-ring (bicyclic) bond motifs is 1. The predicted molar refractivity (Wildman–Crippen MR) is 99.7 cm³/mol. The van der Waals surface area contributed by atoms with Crippen molar-refractivity contribution >= 4 is 11.7 Å². The lowest BCUT2D eigenvalue weighted by Crippen LogP contribution is -2.39. The molecule has 1 N–H and O–H groups in total. The summed E-state index contributed by atoms with van der Waals surface area (Å²) in [5.41, 5.74) is 4.82. The van der Waals surface area contributed by atoms with Crippen molar-refractivity contribution in [1.82, 2.24) is 15.3 Å². The SMILES string of the molecule is Cc1cc(OC2CCN(c3nc4c(cc3C)C(=O)NC4)CC2)cnc1C. The van der Waals surface area contributed by atoms with E-state index in [1.165, 1.54) is 0 Å². The van der Waals surface area contributed by atoms with Crippen LogP contribution in [0.25, 0.3) is 0 Å². The van der Waals surface area contributed by atoms with Crippen LogP contribution in [0.15, 0.2) is 18.3 Å². The third-order valence-corrected chi connectivity index (χ3v) is 5.29. The van der Waals surface area contributed by atoms with Gasteiger partial charge in [0.15, 0.2) is 0 Å². The number of hydrogen-bond donors (Lipinski definition) is 1. The van der Waals surface area contributed by atoms with Crippen molar-refractivity contribution in [3.8, 4) is 5.75 Å². The van der Waals surface area contributed by atoms with E-state index in [0.717, 1.165) is 60.0 Å². The molecule has 0 aliphatic carbocycles. The highest BCUT2D eigenvalue weighted by molar-refractivity contribution is 5.98. The molecule has 2 aromatic rings. The molecule has 0 atom stereocenters. The number of piperidine rings is 1. The number of ether oxygens (including phenoxy) is 1. The minimum atomic E-state index is -0.0174. The van der Waals surface area contributed by atoms with Crippen LogP contribution < -0.4 is 15.0 Å². The monoisotopic (exact) mass is 352 g/mol. The Hall–Kier alpha value is -2.63. The number of aromatic nitrogens is 2. The zero-order valence-corrected chi connectivity index (χ0v) is 15.5. The molecule has 0 saturated carbocycles. The molecule has 6 nitrogen and oxygen atoms in total. The van der Waals surface area contributed by atoms with Crippen LogP contribution >= 0.6 is 0 Å². The largest absolute Gasteiger partial charge is 0.489 e.